The first-order valence-electron chi connectivity index (χ1n) is 5.16. The van der Waals surface area contributed by atoms with Crippen molar-refractivity contribution in [2.45, 2.75) is 6.92 Å². The Morgan fingerprint density at radius 1 is 1.44 bits per heavy atom. The zero-order valence-electron chi connectivity index (χ0n) is 9.84. The number of benzene rings is 1. The molecule has 0 bridgehead atoms. The summed E-state index contributed by atoms with van der Waals surface area (Å²) in [5.41, 5.74) is 2.81. The molecule has 7 heteroatoms. The monoisotopic (exact) mass is 270 g/mol. The first kappa shape index (κ1) is 14.4. The van der Waals surface area contributed by atoms with Crippen LogP contribution in [0.4, 0.5) is 5.69 Å². The minimum Gasteiger partial charge on any atom is -0.494 e. The van der Waals surface area contributed by atoms with Crippen LogP contribution in [0.5, 0.6) is 5.75 Å². The van der Waals surface area contributed by atoms with E-state index in [1.54, 1.807) is 0 Å². The Kier molecular flexibility index (Phi) is 6.70. The smallest absolute Gasteiger partial charge is 0.351 e. The van der Waals surface area contributed by atoms with Crippen molar-refractivity contribution < 1.29 is 18.7 Å². The molecule has 0 aromatic heterocycles. The molecule has 0 aliphatic carbocycles. The van der Waals surface area contributed by atoms with E-state index >= 15 is 0 Å². The second-order valence-corrected chi connectivity index (χ2v) is 3.47. The summed E-state index contributed by atoms with van der Waals surface area (Å²) in [7, 11) is 0. The fraction of sp³-hybridized carbons (Fsp3) is 0.182. The summed E-state index contributed by atoms with van der Waals surface area (Å²) >= 11 is 0.865. The summed E-state index contributed by atoms with van der Waals surface area (Å²) in [4.78, 5) is 15.0. The van der Waals surface area contributed by atoms with Crippen LogP contribution in [0, 0.1) is 0 Å². The summed E-state index contributed by atoms with van der Waals surface area (Å²) in [5.74, 6) is 0.170. The van der Waals surface area contributed by atoms with Crippen molar-refractivity contribution >= 4 is 23.9 Å². The molecule has 0 saturated heterocycles. The minimum atomic E-state index is -0.628. The van der Waals surface area contributed by atoms with E-state index in [1.165, 1.54) is 0 Å². The van der Waals surface area contributed by atoms with Crippen molar-refractivity contribution in [3.8, 4) is 5.75 Å². The van der Waals surface area contributed by atoms with Gasteiger partial charge in [0.05, 0.1) is 6.61 Å². The predicted octanol–water partition coefficient (Wildman–Crippen LogP) is 2.23. The highest BCUT2D eigenvalue weighted by Gasteiger charge is 1.97. The predicted molar refractivity (Wildman–Crippen MR) is 69.3 cm³/mol. The van der Waals surface area contributed by atoms with Gasteiger partial charge in [-0.1, -0.05) is 6.58 Å². The zero-order valence-corrected chi connectivity index (χ0v) is 10.7. The Morgan fingerprint density at radius 2 is 2.17 bits per heavy atom. The maximum atomic E-state index is 10.6. The molecular weight excluding hydrogens is 256 g/mol. The Bertz CT molecular complexity index is 383. The summed E-state index contributed by atoms with van der Waals surface area (Å²) in [5, 5.41) is 0. The van der Waals surface area contributed by atoms with Crippen LogP contribution in [0.2, 0.25) is 0 Å². The highest BCUT2D eigenvalue weighted by atomic mass is 32.2. The van der Waals surface area contributed by atoms with Gasteiger partial charge < -0.3 is 14.3 Å². The third kappa shape index (κ3) is 5.58. The van der Waals surface area contributed by atoms with Crippen LogP contribution in [-0.2, 0) is 13.9 Å². The van der Waals surface area contributed by atoms with Crippen molar-refractivity contribution in [2.75, 3.05) is 11.3 Å². The Morgan fingerprint density at radius 3 is 2.78 bits per heavy atom. The first-order valence-corrected chi connectivity index (χ1v) is 5.90. The zero-order chi connectivity index (χ0) is 13.2. The molecule has 0 heterocycles. The number of rotatable bonds is 8. The fourth-order valence-corrected chi connectivity index (χ4v) is 1.31. The van der Waals surface area contributed by atoms with Crippen molar-refractivity contribution in [2.24, 2.45) is 0 Å². The molecule has 18 heavy (non-hydrogen) atoms. The van der Waals surface area contributed by atoms with Gasteiger partial charge >= 0.3 is 5.97 Å². The largest absolute Gasteiger partial charge is 0.494 e. The third-order valence-electron chi connectivity index (χ3n) is 1.71. The topological polar surface area (TPSA) is 68.8 Å². The molecule has 0 unspecified atom stereocenters. The number of hydrogen-bond donors (Lipinski definition) is 2. The van der Waals surface area contributed by atoms with Crippen molar-refractivity contribution in [1.82, 2.24) is 5.64 Å². The maximum absolute atomic E-state index is 10.6. The van der Waals surface area contributed by atoms with Crippen LogP contribution in [-0.4, -0.2) is 12.6 Å². The minimum absolute atomic E-state index is 0.628. The highest BCUT2D eigenvalue weighted by Crippen LogP contribution is 2.18. The van der Waals surface area contributed by atoms with Crippen LogP contribution in [0.1, 0.15) is 6.92 Å². The van der Waals surface area contributed by atoms with Gasteiger partial charge in [0, 0.05) is 11.8 Å². The van der Waals surface area contributed by atoms with E-state index in [0.29, 0.717) is 6.61 Å². The van der Waals surface area contributed by atoms with Gasteiger partial charge in [0.1, 0.15) is 18.0 Å². The Hall–Kier alpha value is -1.70. The van der Waals surface area contributed by atoms with E-state index in [-0.39, 0.29) is 0 Å². The molecule has 98 valence electrons. The Balaban J connectivity index is 2.19. The lowest BCUT2D eigenvalue weighted by molar-refractivity contribution is -0.162. The number of hydrogen-bond acceptors (Lipinski definition) is 7. The van der Waals surface area contributed by atoms with Gasteiger partial charge in [0.25, 0.3) is 0 Å². The normalized spacial score (nSPS) is 9.61. The molecule has 0 saturated carbocycles. The molecule has 2 N–H and O–H groups in total. The van der Waals surface area contributed by atoms with Gasteiger partial charge in [-0.2, -0.15) is 4.28 Å². The average molecular weight is 270 g/mol. The number of nitrogens with one attached hydrogen (secondary N) is 2. The van der Waals surface area contributed by atoms with Crippen LogP contribution in [0.15, 0.2) is 36.9 Å². The number of ether oxygens (including phenoxy) is 1. The molecule has 1 aromatic rings. The fourth-order valence-electron chi connectivity index (χ4n) is 0.972. The molecule has 0 atom stereocenters. The second-order valence-electron chi connectivity index (χ2n) is 2.93. The molecule has 1 rings (SSSR count). The summed E-state index contributed by atoms with van der Waals surface area (Å²) in [6.45, 7) is 5.78. The number of carbonyl (C=O) groups excluding carboxylic acids is 1. The van der Waals surface area contributed by atoms with Gasteiger partial charge in [0.2, 0.25) is 0 Å². The van der Waals surface area contributed by atoms with Gasteiger partial charge in [-0.25, -0.2) is 4.79 Å². The molecule has 0 fully saturated rings. The van der Waals surface area contributed by atoms with E-state index in [4.69, 9.17) is 9.02 Å². The maximum Gasteiger partial charge on any atom is 0.351 e. The van der Waals surface area contributed by atoms with Crippen LogP contribution >= 0.6 is 12.2 Å². The van der Waals surface area contributed by atoms with Crippen molar-refractivity contribution in [3.63, 3.8) is 0 Å². The highest BCUT2D eigenvalue weighted by molar-refractivity contribution is 7.95. The third-order valence-corrected chi connectivity index (χ3v) is 2.18. The quantitative estimate of drug-likeness (QED) is 0.247. The van der Waals surface area contributed by atoms with Crippen LogP contribution < -0.4 is 15.1 Å². The van der Waals surface area contributed by atoms with E-state index < -0.39 is 5.97 Å². The van der Waals surface area contributed by atoms with E-state index in [0.717, 1.165) is 29.7 Å². The summed E-state index contributed by atoms with van der Waals surface area (Å²) in [6, 6.07) is 7.32. The summed E-state index contributed by atoms with van der Waals surface area (Å²) in [6.07, 6.45) is 1.01. The molecule has 0 aliphatic heterocycles. The first-order chi connectivity index (χ1) is 8.76. The molecule has 0 amide bonds. The lowest BCUT2D eigenvalue weighted by Gasteiger charge is -2.06. The number of anilines is 1. The van der Waals surface area contributed by atoms with Crippen molar-refractivity contribution in [1.29, 1.82) is 0 Å². The number of carbonyl (C=O) groups is 1. The Labute approximate surface area is 110 Å². The summed E-state index contributed by atoms with van der Waals surface area (Å²) < 4.78 is 12.9. The SMILES string of the molecule is C=CC(=O)ONOSNc1ccc(OCC)cc1. The van der Waals surface area contributed by atoms with Crippen molar-refractivity contribution in [3.05, 3.63) is 36.9 Å². The van der Waals surface area contributed by atoms with E-state index in [1.807, 2.05) is 36.8 Å². The van der Waals surface area contributed by atoms with Gasteiger partial charge in [-0.3, -0.25) is 0 Å². The lowest BCUT2D eigenvalue weighted by atomic mass is 10.3. The average Bonchev–Trinajstić information content (AvgIpc) is 2.40. The molecule has 6 nitrogen and oxygen atoms in total. The second kappa shape index (κ2) is 8.40. The van der Waals surface area contributed by atoms with E-state index in [9.17, 15) is 4.79 Å². The molecule has 0 spiro atoms. The molecule has 1 aromatic carbocycles. The van der Waals surface area contributed by atoms with Gasteiger partial charge in [-0.05, 0) is 36.8 Å². The lowest BCUT2D eigenvalue weighted by Crippen LogP contribution is -2.16. The molecular formula is C11H14N2O4S. The molecule has 0 radical (unpaired) electrons. The van der Waals surface area contributed by atoms with Crippen LogP contribution in [0.3, 0.4) is 0 Å². The van der Waals surface area contributed by atoms with E-state index in [2.05, 4.69) is 16.1 Å². The standard InChI is InChI=1S/C11H14N2O4S/c1-3-11(14)16-13-17-18-12-9-5-7-10(8-6-9)15-4-2/h3,5-8,12-13H,1,4H2,2H3. The molecule has 0 aliphatic rings. The van der Waals surface area contributed by atoms with Crippen LogP contribution in [0.25, 0.3) is 0 Å². The van der Waals surface area contributed by atoms with Gasteiger partial charge in [-0.15, -0.1) is 0 Å². The van der Waals surface area contributed by atoms with Gasteiger partial charge in [0.15, 0.2) is 0 Å².